The molecule has 5 nitrogen and oxygen atoms in total. The lowest BCUT2D eigenvalue weighted by molar-refractivity contribution is -0.154. The van der Waals surface area contributed by atoms with Crippen molar-refractivity contribution in [2.24, 2.45) is 0 Å². The van der Waals surface area contributed by atoms with Crippen LogP contribution in [0.4, 0.5) is 0 Å². The maximum absolute atomic E-state index is 11.1. The monoisotopic (exact) mass is 240 g/mol. The zero-order chi connectivity index (χ0) is 12.8. The van der Waals surface area contributed by atoms with Crippen LogP contribution in [0.1, 0.15) is 25.0 Å². The van der Waals surface area contributed by atoms with Gasteiger partial charge in [0.1, 0.15) is 5.75 Å². The number of ether oxygens (including phenoxy) is 1. The molecule has 0 fully saturated rings. The first-order valence-corrected chi connectivity index (χ1v) is 5.36. The minimum Gasteiger partial charge on any atom is -0.508 e. The summed E-state index contributed by atoms with van der Waals surface area (Å²) in [6.45, 7) is 1.83. The first kappa shape index (κ1) is 13.5. The summed E-state index contributed by atoms with van der Waals surface area (Å²) >= 11 is 0. The van der Waals surface area contributed by atoms with E-state index in [9.17, 15) is 15.0 Å². The Morgan fingerprint density at radius 2 is 1.88 bits per heavy atom. The number of carbonyl (C=O) groups excluding carboxylic acids is 1. The van der Waals surface area contributed by atoms with Crippen molar-refractivity contribution in [2.75, 3.05) is 6.61 Å². The number of rotatable bonds is 5. The maximum atomic E-state index is 11.1. The van der Waals surface area contributed by atoms with Crippen molar-refractivity contribution < 1.29 is 24.9 Å². The fourth-order valence-electron chi connectivity index (χ4n) is 1.38. The Labute approximate surface area is 99.3 Å². The van der Waals surface area contributed by atoms with Gasteiger partial charge in [0.2, 0.25) is 0 Å². The second-order valence-electron chi connectivity index (χ2n) is 3.61. The Bertz CT molecular complexity index is 360. The van der Waals surface area contributed by atoms with Crippen molar-refractivity contribution >= 4 is 5.97 Å². The van der Waals surface area contributed by atoms with E-state index in [1.54, 1.807) is 6.92 Å². The molecule has 0 aliphatic heterocycles. The topological polar surface area (TPSA) is 87.0 Å². The van der Waals surface area contributed by atoms with Crippen molar-refractivity contribution in [3.8, 4) is 5.75 Å². The highest BCUT2D eigenvalue weighted by Gasteiger charge is 2.21. The van der Waals surface area contributed by atoms with Crippen LogP contribution >= 0.6 is 0 Å². The standard InChI is InChI=1S/C12H16O5/c1-2-17-12(16)11(15)7-10(14)8-3-5-9(13)6-4-8/h3-6,10-11,13-15H,2,7H2,1H3. The van der Waals surface area contributed by atoms with E-state index in [2.05, 4.69) is 4.74 Å². The highest BCUT2D eigenvalue weighted by atomic mass is 16.5. The molecule has 0 saturated carbocycles. The van der Waals surface area contributed by atoms with Crippen LogP contribution in [0.5, 0.6) is 5.75 Å². The molecule has 0 bridgehead atoms. The van der Waals surface area contributed by atoms with Gasteiger partial charge in [-0.15, -0.1) is 0 Å². The molecule has 0 spiro atoms. The number of hydrogen-bond donors (Lipinski definition) is 3. The second kappa shape index (κ2) is 6.22. The quantitative estimate of drug-likeness (QED) is 0.661. The van der Waals surface area contributed by atoms with Crippen LogP contribution in [0.25, 0.3) is 0 Å². The molecule has 94 valence electrons. The minimum absolute atomic E-state index is 0.0897. The van der Waals surface area contributed by atoms with Crippen molar-refractivity contribution in [3.63, 3.8) is 0 Å². The Balaban J connectivity index is 2.56. The second-order valence-corrected chi connectivity index (χ2v) is 3.61. The average molecular weight is 240 g/mol. The number of phenols is 1. The van der Waals surface area contributed by atoms with Gasteiger partial charge in [-0.05, 0) is 24.6 Å². The summed E-state index contributed by atoms with van der Waals surface area (Å²) in [4.78, 5) is 11.1. The number of aliphatic hydroxyl groups excluding tert-OH is 2. The highest BCUT2D eigenvalue weighted by Crippen LogP contribution is 2.21. The van der Waals surface area contributed by atoms with E-state index in [4.69, 9.17) is 5.11 Å². The summed E-state index contributed by atoms with van der Waals surface area (Å²) in [6.07, 6.45) is -2.46. The number of benzene rings is 1. The molecule has 17 heavy (non-hydrogen) atoms. The molecule has 0 saturated heterocycles. The molecule has 0 aromatic heterocycles. The molecule has 0 heterocycles. The molecule has 0 aliphatic carbocycles. The van der Waals surface area contributed by atoms with Crippen molar-refractivity contribution in [1.82, 2.24) is 0 Å². The molecule has 0 aliphatic rings. The van der Waals surface area contributed by atoms with Crippen LogP contribution in [0.15, 0.2) is 24.3 Å². The number of aliphatic hydroxyl groups is 2. The third-order valence-corrected chi connectivity index (χ3v) is 2.28. The molecular weight excluding hydrogens is 224 g/mol. The summed E-state index contributed by atoms with van der Waals surface area (Å²) in [5.41, 5.74) is 0.520. The molecule has 0 amide bonds. The normalized spacial score (nSPS) is 14.1. The Morgan fingerprint density at radius 1 is 1.29 bits per heavy atom. The Kier molecular flexibility index (Phi) is 4.93. The van der Waals surface area contributed by atoms with Crippen LogP contribution in [-0.4, -0.2) is 34.0 Å². The number of esters is 1. The average Bonchev–Trinajstić information content (AvgIpc) is 2.30. The first-order chi connectivity index (χ1) is 8.04. The fourth-order valence-corrected chi connectivity index (χ4v) is 1.38. The predicted molar refractivity (Wildman–Crippen MR) is 60.3 cm³/mol. The van der Waals surface area contributed by atoms with Crippen LogP contribution in [0, 0.1) is 0 Å². The van der Waals surface area contributed by atoms with Gasteiger partial charge in [0.25, 0.3) is 0 Å². The number of hydrogen-bond acceptors (Lipinski definition) is 5. The van der Waals surface area contributed by atoms with E-state index in [1.807, 2.05) is 0 Å². The van der Waals surface area contributed by atoms with Crippen LogP contribution < -0.4 is 0 Å². The van der Waals surface area contributed by atoms with Gasteiger partial charge in [-0.25, -0.2) is 4.79 Å². The lowest BCUT2D eigenvalue weighted by Gasteiger charge is -2.14. The van der Waals surface area contributed by atoms with Crippen molar-refractivity contribution in [3.05, 3.63) is 29.8 Å². The zero-order valence-electron chi connectivity index (χ0n) is 9.54. The molecular formula is C12H16O5. The van der Waals surface area contributed by atoms with E-state index in [0.29, 0.717) is 5.56 Å². The van der Waals surface area contributed by atoms with E-state index >= 15 is 0 Å². The molecule has 2 unspecified atom stereocenters. The number of aromatic hydroxyl groups is 1. The van der Waals surface area contributed by atoms with Gasteiger partial charge in [-0.1, -0.05) is 12.1 Å². The third kappa shape index (κ3) is 4.05. The number of phenolic OH excluding ortho intramolecular Hbond substituents is 1. The largest absolute Gasteiger partial charge is 0.508 e. The molecule has 1 aromatic rings. The first-order valence-electron chi connectivity index (χ1n) is 5.36. The SMILES string of the molecule is CCOC(=O)C(O)CC(O)c1ccc(O)cc1. The summed E-state index contributed by atoms with van der Waals surface area (Å²) in [7, 11) is 0. The molecule has 1 rings (SSSR count). The van der Waals surface area contributed by atoms with Gasteiger partial charge in [-0.3, -0.25) is 0 Å². The van der Waals surface area contributed by atoms with E-state index in [0.717, 1.165) is 0 Å². The van der Waals surface area contributed by atoms with E-state index < -0.39 is 18.2 Å². The van der Waals surface area contributed by atoms with Crippen LogP contribution in [0.3, 0.4) is 0 Å². The zero-order valence-corrected chi connectivity index (χ0v) is 9.54. The highest BCUT2D eigenvalue weighted by molar-refractivity contribution is 5.74. The van der Waals surface area contributed by atoms with E-state index in [1.165, 1.54) is 24.3 Å². The molecule has 1 aromatic carbocycles. The molecule has 0 radical (unpaired) electrons. The van der Waals surface area contributed by atoms with Crippen molar-refractivity contribution in [1.29, 1.82) is 0 Å². The van der Waals surface area contributed by atoms with Crippen molar-refractivity contribution in [2.45, 2.75) is 25.6 Å². The third-order valence-electron chi connectivity index (χ3n) is 2.28. The minimum atomic E-state index is -1.35. The lowest BCUT2D eigenvalue weighted by Crippen LogP contribution is -2.25. The summed E-state index contributed by atoms with van der Waals surface area (Å²) in [5, 5.41) is 28.3. The Hall–Kier alpha value is -1.59. The smallest absolute Gasteiger partial charge is 0.335 e. The van der Waals surface area contributed by atoms with Crippen LogP contribution in [-0.2, 0) is 9.53 Å². The lowest BCUT2D eigenvalue weighted by atomic mass is 10.0. The number of carbonyl (C=O) groups is 1. The van der Waals surface area contributed by atoms with Gasteiger partial charge in [0.05, 0.1) is 12.7 Å². The summed E-state index contributed by atoms with van der Waals surface area (Å²) in [6, 6.07) is 5.90. The van der Waals surface area contributed by atoms with Gasteiger partial charge in [0, 0.05) is 6.42 Å². The van der Waals surface area contributed by atoms with Gasteiger partial charge >= 0.3 is 5.97 Å². The van der Waals surface area contributed by atoms with Gasteiger partial charge in [-0.2, -0.15) is 0 Å². The predicted octanol–water partition coefficient (Wildman–Crippen LogP) is 0.740. The van der Waals surface area contributed by atoms with Gasteiger partial charge in [0.15, 0.2) is 6.10 Å². The molecule has 5 heteroatoms. The maximum Gasteiger partial charge on any atom is 0.335 e. The molecule has 2 atom stereocenters. The van der Waals surface area contributed by atoms with Crippen LogP contribution in [0.2, 0.25) is 0 Å². The molecule has 3 N–H and O–H groups in total. The summed E-state index contributed by atoms with van der Waals surface area (Å²) in [5.74, 6) is -0.655. The fraction of sp³-hybridized carbons (Fsp3) is 0.417. The Morgan fingerprint density at radius 3 is 2.41 bits per heavy atom. The van der Waals surface area contributed by atoms with E-state index in [-0.39, 0.29) is 18.8 Å². The summed E-state index contributed by atoms with van der Waals surface area (Å²) < 4.78 is 4.62. The van der Waals surface area contributed by atoms with Gasteiger partial charge < -0.3 is 20.1 Å².